The predicted octanol–water partition coefficient (Wildman–Crippen LogP) is 2.93. The third kappa shape index (κ3) is 3.87. The SMILES string of the molecule is Cc1c(S(=O)(=O)N2CCOc3ncccc32)cc(C(=O)NCc2c(F)ccc3ncccc23)n1C. The van der Waals surface area contributed by atoms with Crippen molar-refractivity contribution in [1.82, 2.24) is 19.9 Å². The molecule has 1 aliphatic heterocycles. The molecule has 0 bridgehead atoms. The predicted molar refractivity (Wildman–Crippen MR) is 127 cm³/mol. The summed E-state index contributed by atoms with van der Waals surface area (Å²) in [6.07, 6.45) is 3.14. The molecule has 0 atom stereocenters. The first-order valence-electron chi connectivity index (χ1n) is 10.9. The zero-order chi connectivity index (χ0) is 24.7. The van der Waals surface area contributed by atoms with Gasteiger partial charge in [-0.1, -0.05) is 6.07 Å². The number of hydrogen-bond donors (Lipinski definition) is 1. The lowest BCUT2D eigenvalue weighted by atomic mass is 10.1. The quantitative estimate of drug-likeness (QED) is 0.456. The highest BCUT2D eigenvalue weighted by Crippen LogP contribution is 2.34. The molecule has 0 unspecified atom stereocenters. The van der Waals surface area contributed by atoms with Crippen molar-refractivity contribution < 1.29 is 22.3 Å². The highest BCUT2D eigenvalue weighted by atomic mass is 32.2. The molecular weight excluding hydrogens is 473 g/mol. The van der Waals surface area contributed by atoms with Gasteiger partial charge in [0.25, 0.3) is 15.9 Å². The molecule has 4 heterocycles. The number of fused-ring (bicyclic) bond motifs is 2. The molecule has 180 valence electrons. The Morgan fingerprint density at radius 3 is 2.77 bits per heavy atom. The van der Waals surface area contributed by atoms with Crippen LogP contribution in [0.3, 0.4) is 0 Å². The van der Waals surface area contributed by atoms with Crippen molar-refractivity contribution in [3.63, 3.8) is 0 Å². The second-order valence-corrected chi connectivity index (χ2v) is 9.90. The number of hydrogen-bond acceptors (Lipinski definition) is 6. The van der Waals surface area contributed by atoms with E-state index >= 15 is 0 Å². The van der Waals surface area contributed by atoms with E-state index in [1.54, 1.807) is 50.5 Å². The molecule has 0 spiro atoms. The van der Waals surface area contributed by atoms with Crippen LogP contribution in [0.2, 0.25) is 0 Å². The summed E-state index contributed by atoms with van der Waals surface area (Å²) in [7, 11) is -2.39. The van der Waals surface area contributed by atoms with Crippen LogP contribution in [0.15, 0.2) is 59.8 Å². The van der Waals surface area contributed by atoms with Gasteiger partial charge in [0.2, 0.25) is 5.88 Å². The summed E-state index contributed by atoms with van der Waals surface area (Å²) in [6.45, 7) is 1.83. The summed E-state index contributed by atoms with van der Waals surface area (Å²) in [6, 6.07) is 10.9. The van der Waals surface area contributed by atoms with Crippen molar-refractivity contribution >= 4 is 32.5 Å². The van der Waals surface area contributed by atoms with E-state index in [-0.39, 0.29) is 36.2 Å². The Morgan fingerprint density at radius 2 is 1.94 bits per heavy atom. The summed E-state index contributed by atoms with van der Waals surface area (Å²) >= 11 is 0. The molecule has 11 heteroatoms. The van der Waals surface area contributed by atoms with E-state index in [1.165, 1.54) is 27.2 Å². The van der Waals surface area contributed by atoms with Gasteiger partial charge in [-0.2, -0.15) is 0 Å². The summed E-state index contributed by atoms with van der Waals surface area (Å²) in [5.74, 6) is -0.751. The first-order chi connectivity index (χ1) is 16.8. The maximum absolute atomic E-state index is 14.5. The number of carbonyl (C=O) groups excluding carboxylic acids is 1. The van der Waals surface area contributed by atoms with Crippen LogP contribution in [0.1, 0.15) is 21.7 Å². The first-order valence-corrected chi connectivity index (χ1v) is 12.3. The molecule has 0 saturated carbocycles. The maximum Gasteiger partial charge on any atom is 0.268 e. The summed E-state index contributed by atoms with van der Waals surface area (Å²) < 4.78 is 49.9. The van der Waals surface area contributed by atoms with Crippen LogP contribution in [-0.4, -0.2) is 42.0 Å². The number of benzene rings is 1. The second-order valence-electron chi connectivity index (χ2n) is 8.07. The van der Waals surface area contributed by atoms with Crippen molar-refractivity contribution in [2.24, 2.45) is 7.05 Å². The molecule has 0 fully saturated rings. The van der Waals surface area contributed by atoms with E-state index in [1.807, 2.05) is 0 Å². The number of aromatic nitrogens is 3. The van der Waals surface area contributed by atoms with Crippen LogP contribution < -0.4 is 14.4 Å². The lowest BCUT2D eigenvalue weighted by Crippen LogP contribution is -2.38. The lowest BCUT2D eigenvalue weighted by Gasteiger charge is -2.29. The summed E-state index contributed by atoms with van der Waals surface area (Å²) in [4.78, 5) is 21.4. The highest BCUT2D eigenvalue weighted by molar-refractivity contribution is 7.92. The Bertz CT molecular complexity index is 1570. The average Bonchev–Trinajstić information content (AvgIpc) is 3.17. The third-order valence-corrected chi connectivity index (χ3v) is 8.04. The molecule has 1 aliphatic rings. The number of ether oxygens (including phenoxy) is 1. The van der Waals surface area contributed by atoms with Gasteiger partial charge in [-0.25, -0.2) is 17.8 Å². The van der Waals surface area contributed by atoms with Crippen molar-refractivity contribution in [3.8, 4) is 5.88 Å². The monoisotopic (exact) mass is 495 g/mol. The van der Waals surface area contributed by atoms with Gasteiger partial charge in [0.05, 0.1) is 12.1 Å². The molecule has 5 rings (SSSR count). The van der Waals surface area contributed by atoms with E-state index in [2.05, 4.69) is 15.3 Å². The van der Waals surface area contributed by atoms with Crippen molar-refractivity contribution in [1.29, 1.82) is 0 Å². The topological polar surface area (TPSA) is 106 Å². The number of nitrogens with zero attached hydrogens (tertiary/aromatic N) is 4. The molecule has 0 radical (unpaired) electrons. The van der Waals surface area contributed by atoms with Gasteiger partial charge >= 0.3 is 0 Å². The smallest absolute Gasteiger partial charge is 0.268 e. The first kappa shape index (κ1) is 22.8. The molecule has 35 heavy (non-hydrogen) atoms. The fourth-order valence-electron chi connectivity index (χ4n) is 4.17. The van der Waals surface area contributed by atoms with Gasteiger partial charge in [-0.05, 0) is 43.3 Å². The molecular formula is C24H22FN5O4S. The van der Waals surface area contributed by atoms with E-state index in [0.29, 0.717) is 27.8 Å². The number of pyridine rings is 2. The van der Waals surface area contributed by atoms with E-state index in [4.69, 9.17) is 4.74 Å². The van der Waals surface area contributed by atoms with Crippen LogP contribution in [0.4, 0.5) is 10.1 Å². The number of carbonyl (C=O) groups is 1. The molecule has 1 amide bonds. The average molecular weight is 496 g/mol. The number of rotatable bonds is 5. The van der Waals surface area contributed by atoms with E-state index in [0.717, 1.165) is 0 Å². The van der Waals surface area contributed by atoms with E-state index < -0.39 is 21.7 Å². The molecule has 1 N–H and O–H groups in total. The second kappa shape index (κ2) is 8.66. The molecule has 0 aliphatic carbocycles. The molecule has 1 aromatic carbocycles. The molecule has 0 saturated heterocycles. The number of anilines is 1. The van der Waals surface area contributed by atoms with Crippen molar-refractivity contribution in [2.75, 3.05) is 17.5 Å². The largest absolute Gasteiger partial charge is 0.474 e. The van der Waals surface area contributed by atoms with Gasteiger partial charge in [-0.3, -0.25) is 14.1 Å². The Kier molecular flexibility index (Phi) is 5.64. The Hall–Kier alpha value is -3.99. The van der Waals surface area contributed by atoms with E-state index in [9.17, 15) is 17.6 Å². The fourth-order valence-corrected chi connectivity index (χ4v) is 5.89. The summed E-state index contributed by atoms with van der Waals surface area (Å²) in [5, 5.41) is 3.31. The minimum absolute atomic E-state index is 0.00222. The standard InChI is InChI=1S/C24H22FN5O4S/c1-15-22(35(32,33)30-11-12-34-24-20(30)6-4-10-27-24)13-21(29(15)2)23(31)28-14-17-16-5-3-9-26-19(16)8-7-18(17)25/h3-10,13H,11-12,14H2,1-2H3,(H,28,31). The minimum Gasteiger partial charge on any atom is -0.474 e. The van der Waals surface area contributed by atoms with Crippen molar-refractivity contribution in [2.45, 2.75) is 18.4 Å². The number of sulfonamides is 1. The fraction of sp³-hybridized carbons (Fsp3) is 0.208. The normalized spacial score (nSPS) is 13.4. The Morgan fingerprint density at radius 1 is 1.17 bits per heavy atom. The third-order valence-electron chi connectivity index (χ3n) is 6.11. The summed E-state index contributed by atoms with van der Waals surface area (Å²) in [5.41, 5.74) is 1.79. The van der Waals surface area contributed by atoms with Crippen LogP contribution in [0.5, 0.6) is 5.88 Å². The zero-order valence-electron chi connectivity index (χ0n) is 19.0. The van der Waals surface area contributed by atoms with Gasteiger partial charge < -0.3 is 14.6 Å². The van der Waals surface area contributed by atoms with Gasteiger partial charge in [-0.15, -0.1) is 0 Å². The lowest BCUT2D eigenvalue weighted by molar-refractivity contribution is 0.0942. The minimum atomic E-state index is -4.00. The number of amides is 1. The van der Waals surface area contributed by atoms with Crippen LogP contribution in [0.25, 0.3) is 10.9 Å². The van der Waals surface area contributed by atoms with Crippen molar-refractivity contribution in [3.05, 3.63) is 77.6 Å². The molecule has 9 nitrogen and oxygen atoms in total. The van der Waals surface area contributed by atoms with Crippen LogP contribution in [-0.2, 0) is 23.6 Å². The number of halogens is 1. The maximum atomic E-state index is 14.5. The molecule has 4 aromatic rings. The van der Waals surface area contributed by atoms with Crippen LogP contribution >= 0.6 is 0 Å². The zero-order valence-corrected chi connectivity index (χ0v) is 19.8. The molecule has 3 aromatic heterocycles. The highest BCUT2D eigenvalue weighted by Gasteiger charge is 2.34. The number of nitrogens with one attached hydrogen (secondary N) is 1. The van der Waals surface area contributed by atoms with Crippen LogP contribution in [0, 0.1) is 12.7 Å². The Labute approximate surface area is 201 Å². The van der Waals surface area contributed by atoms with Gasteiger partial charge in [0.1, 0.15) is 28.7 Å². The van der Waals surface area contributed by atoms with Gasteiger partial charge in [0.15, 0.2) is 0 Å². The Balaban J connectivity index is 1.44. The van der Waals surface area contributed by atoms with Gasteiger partial charge in [0, 0.05) is 42.6 Å².